The lowest BCUT2D eigenvalue weighted by Gasteiger charge is -2.33. The van der Waals surface area contributed by atoms with Crippen molar-refractivity contribution in [3.63, 3.8) is 0 Å². The highest BCUT2D eigenvalue weighted by atomic mass is 19.1. The van der Waals surface area contributed by atoms with Gasteiger partial charge in [-0.25, -0.2) is 4.39 Å². The summed E-state index contributed by atoms with van der Waals surface area (Å²) in [6.45, 7) is 3.78. The molecular formula is C26H27FN4O3. The van der Waals surface area contributed by atoms with Crippen LogP contribution in [0.5, 0.6) is 0 Å². The van der Waals surface area contributed by atoms with Crippen molar-refractivity contribution in [2.45, 2.75) is 32.6 Å². The normalized spacial score (nSPS) is 19.1. The van der Waals surface area contributed by atoms with Crippen LogP contribution < -0.4 is 4.90 Å². The van der Waals surface area contributed by atoms with Gasteiger partial charge < -0.3 is 14.3 Å². The predicted octanol–water partition coefficient (Wildman–Crippen LogP) is 4.02. The van der Waals surface area contributed by atoms with E-state index in [2.05, 4.69) is 10.1 Å². The van der Waals surface area contributed by atoms with Gasteiger partial charge in [0.15, 0.2) is 0 Å². The van der Waals surface area contributed by atoms with E-state index in [0.29, 0.717) is 49.3 Å². The van der Waals surface area contributed by atoms with E-state index in [9.17, 15) is 14.0 Å². The zero-order chi connectivity index (χ0) is 23.7. The molecule has 0 radical (unpaired) electrons. The minimum absolute atomic E-state index is 0.00504. The van der Waals surface area contributed by atoms with Gasteiger partial charge in [0.05, 0.1) is 5.92 Å². The van der Waals surface area contributed by atoms with Crippen LogP contribution in [0.4, 0.5) is 10.1 Å². The molecule has 7 nitrogen and oxygen atoms in total. The lowest BCUT2D eigenvalue weighted by Crippen LogP contribution is -2.42. The third-order valence-electron chi connectivity index (χ3n) is 6.78. The SMILES string of the molecule is Cc1ccc(N2CC(C(=O)N3CCC(Cc4nc(-c5ccc(F)cc5)no4)CC3)CC2=O)cc1. The first-order chi connectivity index (χ1) is 16.5. The first-order valence-corrected chi connectivity index (χ1v) is 11.7. The fourth-order valence-electron chi connectivity index (χ4n) is 4.76. The highest BCUT2D eigenvalue weighted by Gasteiger charge is 2.38. The van der Waals surface area contributed by atoms with Crippen LogP contribution in [0.1, 0.15) is 30.7 Å². The second-order valence-electron chi connectivity index (χ2n) is 9.23. The number of likely N-dealkylation sites (tertiary alicyclic amines) is 1. The Kier molecular flexibility index (Phi) is 6.13. The molecule has 0 aliphatic carbocycles. The third kappa shape index (κ3) is 4.71. The lowest BCUT2D eigenvalue weighted by atomic mass is 9.92. The van der Waals surface area contributed by atoms with Crippen molar-refractivity contribution in [2.24, 2.45) is 11.8 Å². The van der Waals surface area contributed by atoms with Gasteiger partial charge in [-0.3, -0.25) is 9.59 Å². The molecule has 0 N–H and O–H groups in total. The zero-order valence-electron chi connectivity index (χ0n) is 19.1. The summed E-state index contributed by atoms with van der Waals surface area (Å²) >= 11 is 0. The van der Waals surface area contributed by atoms with Crippen molar-refractivity contribution in [3.05, 3.63) is 65.8 Å². The summed E-state index contributed by atoms with van der Waals surface area (Å²) in [6, 6.07) is 13.8. The molecule has 34 heavy (non-hydrogen) atoms. The van der Waals surface area contributed by atoms with E-state index in [1.165, 1.54) is 12.1 Å². The van der Waals surface area contributed by atoms with Crippen LogP contribution in [-0.4, -0.2) is 46.5 Å². The van der Waals surface area contributed by atoms with Crippen molar-refractivity contribution in [3.8, 4) is 11.4 Å². The number of halogens is 1. The number of benzene rings is 2. The van der Waals surface area contributed by atoms with Crippen molar-refractivity contribution in [1.82, 2.24) is 15.0 Å². The number of carbonyl (C=O) groups is 2. The minimum Gasteiger partial charge on any atom is -0.342 e. The molecule has 3 heterocycles. The highest BCUT2D eigenvalue weighted by molar-refractivity contribution is 6.00. The Balaban J connectivity index is 1.13. The van der Waals surface area contributed by atoms with Crippen LogP contribution >= 0.6 is 0 Å². The molecule has 0 bridgehead atoms. The van der Waals surface area contributed by atoms with Gasteiger partial charge in [-0.05, 0) is 62.1 Å². The van der Waals surface area contributed by atoms with E-state index in [4.69, 9.17) is 4.52 Å². The average molecular weight is 463 g/mol. The van der Waals surface area contributed by atoms with E-state index in [-0.39, 0.29) is 30.0 Å². The Hall–Kier alpha value is -3.55. The van der Waals surface area contributed by atoms with Crippen molar-refractivity contribution in [2.75, 3.05) is 24.5 Å². The molecule has 5 rings (SSSR count). The molecule has 1 aromatic heterocycles. The third-order valence-corrected chi connectivity index (χ3v) is 6.78. The summed E-state index contributed by atoms with van der Waals surface area (Å²) in [6.07, 6.45) is 2.62. The summed E-state index contributed by atoms with van der Waals surface area (Å²) in [7, 11) is 0. The van der Waals surface area contributed by atoms with E-state index in [1.807, 2.05) is 36.1 Å². The molecule has 2 amide bonds. The Bertz CT molecular complexity index is 1170. The number of carbonyl (C=O) groups excluding carboxylic acids is 2. The summed E-state index contributed by atoms with van der Waals surface area (Å²) in [4.78, 5) is 33.7. The molecule has 2 aliphatic heterocycles. The largest absolute Gasteiger partial charge is 0.342 e. The molecule has 1 atom stereocenters. The number of aryl methyl sites for hydroxylation is 1. The number of piperidine rings is 1. The highest BCUT2D eigenvalue weighted by Crippen LogP contribution is 2.29. The van der Waals surface area contributed by atoms with Gasteiger partial charge in [-0.1, -0.05) is 22.9 Å². The van der Waals surface area contributed by atoms with Crippen molar-refractivity contribution in [1.29, 1.82) is 0 Å². The van der Waals surface area contributed by atoms with Crippen molar-refractivity contribution < 1.29 is 18.5 Å². The topological polar surface area (TPSA) is 79.5 Å². The smallest absolute Gasteiger partial charge is 0.228 e. The van der Waals surface area contributed by atoms with Crippen LogP contribution in [0.3, 0.4) is 0 Å². The van der Waals surface area contributed by atoms with Gasteiger partial charge in [-0.2, -0.15) is 4.98 Å². The summed E-state index contributed by atoms with van der Waals surface area (Å²) in [5.41, 5.74) is 2.70. The number of nitrogens with zero attached hydrogens (tertiary/aromatic N) is 4. The van der Waals surface area contributed by atoms with Crippen LogP contribution in [0.2, 0.25) is 0 Å². The first kappa shape index (κ1) is 22.3. The molecule has 2 aliphatic rings. The Labute approximate surface area is 197 Å². The maximum Gasteiger partial charge on any atom is 0.228 e. The number of aromatic nitrogens is 2. The Morgan fingerprint density at radius 3 is 2.50 bits per heavy atom. The second kappa shape index (κ2) is 9.37. The van der Waals surface area contributed by atoms with Gasteiger partial charge in [0.2, 0.25) is 23.5 Å². The molecule has 0 saturated carbocycles. The molecule has 0 spiro atoms. The van der Waals surface area contributed by atoms with E-state index in [0.717, 1.165) is 24.1 Å². The fraction of sp³-hybridized carbons (Fsp3) is 0.385. The minimum atomic E-state index is -0.307. The summed E-state index contributed by atoms with van der Waals surface area (Å²) in [5, 5.41) is 4.01. The number of hydrogen-bond acceptors (Lipinski definition) is 5. The Morgan fingerprint density at radius 2 is 1.79 bits per heavy atom. The van der Waals surface area contributed by atoms with Crippen LogP contribution in [0, 0.1) is 24.6 Å². The summed E-state index contributed by atoms with van der Waals surface area (Å²) in [5.74, 6) is 0.826. The summed E-state index contributed by atoms with van der Waals surface area (Å²) < 4.78 is 18.5. The standard InChI is InChI=1S/C26H27FN4O3/c1-17-2-8-22(9-3-17)31-16-20(15-24(31)32)26(33)30-12-10-18(11-13-30)14-23-28-25(29-34-23)19-4-6-21(27)7-5-19/h2-9,18,20H,10-16H2,1H3. The van der Waals surface area contributed by atoms with E-state index in [1.54, 1.807) is 17.0 Å². The van der Waals surface area contributed by atoms with Gasteiger partial charge in [0.25, 0.3) is 0 Å². The molecule has 176 valence electrons. The number of amides is 2. The van der Waals surface area contributed by atoms with Gasteiger partial charge in [0, 0.05) is 43.7 Å². The number of hydrogen-bond donors (Lipinski definition) is 0. The van der Waals surface area contributed by atoms with Gasteiger partial charge in [-0.15, -0.1) is 0 Å². The van der Waals surface area contributed by atoms with Crippen LogP contribution in [-0.2, 0) is 16.0 Å². The van der Waals surface area contributed by atoms with E-state index >= 15 is 0 Å². The lowest BCUT2D eigenvalue weighted by molar-refractivity contribution is -0.137. The van der Waals surface area contributed by atoms with Gasteiger partial charge in [0.1, 0.15) is 5.82 Å². The number of anilines is 1. The molecule has 8 heteroatoms. The van der Waals surface area contributed by atoms with E-state index < -0.39 is 0 Å². The molecule has 1 unspecified atom stereocenters. The molecule has 2 fully saturated rings. The van der Waals surface area contributed by atoms with Crippen molar-refractivity contribution >= 4 is 17.5 Å². The fourth-order valence-corrected chi connectivity index (χ4v) is 4.76. The molecule has 3 aromatic rings. The van der Waals surface area contributed by atoms with Crippen LogP contribution in [0.25, 0.3) is 11.4 Å². The number of rotatable bonds is 5. The maximum atomic E-state index is 13.1. The average Bonchev–Trinajstić information content (AvgIpc) is 3.47. The molecule has 2 saturated heterocycles. The Morgan fingerprint density at radius 1 is 1.09 bits per heavy atom. The maximum absolute atomic E-state index is 13.1. The first-order valence-electron chi connectivity index (χ1n) is 11.7. The zero-order valence-corrected chi connectivity index (χ0v) is 19.1. The van der Waals surface area contributed by atoms with Gasteiger partial charge >= 0.3 is 0 Å². The molecular weight excluding hydrogens is 435 g/mol. The van der Waals surface area contributed by atoms with Crippen LogP contribution in [0.15, 0.2) is 53.1 Å². The monoisotopic (exact) mass is 462 g/mol. The predicted molar refractivity (Wildman–Crippen MR) is 124 cm³/mol. The quantitative estimate of drug-likeness (QED) is 0.572. The second-order valence-corrected chi connectivity index (χ2v) is 9.23. The molecule has 2 aromatic carbocycles.